The van der Waals surface area contributed by atoms with Gasteiger partial charge in [0.25, 0.3) is 5.91 Å². The van der Waals surface area contributed by atoms with Crippen LogP contribution in [0.4, 0.5) is 17.6 Å². The van der Waals surface area contributed by atoms with Crippen molar-refractivity contribution in [3.8, 4) is 11.3 Å². The maximum atomic E-state index is 13.9. The Hall–Kier alpha value is -3.75. The Labute approximate surface area is 174 Å². The Morgan fingerprint density at radius 1 is 1.10 bits per heavy atom. The second-order valence-corrected chi connectivity index (χ2v) is 6.91. The number of nitrogens with one attached hydrogen (secondary N) is 1. The van der Waals surface area contributed by atoms with E-state index in [4.69, 9.17) is 0 Å². The standard InChI is InChI=1S/C22H16F4N4O/c1-30-20-17(12-28-30)16(21(31)27-11-14-5-2-3-8-18(14)23)10-19(29-20)13-6-4-7-15(9-13)22(24,25)26/h2-10,12H,11H2,1H3,(H,27,31). The van der Waals surface area contributed by atoms with Gasteiger partial charge in [-0.05, 0) is 24.3 Å². The molecule has 5 nitrogen and oxygen atoms in total. The van der Waals surface area contributed by atoms with Crippen LogP contribution in [0.25, 0.3) is 22.3 Å². The molecule has 0 saturated heterocycles. The van der Waals surface area contributed by atoms with Crippen LogP contribution < -0.4 is 5.32 Å². The van der Waals surface area contributed by atoms with Gasteiger partial charge in [-0.2, -0.15) is 18.3 Å². The molecule has 0 aliphatic carbocycles. The van der Waals surface area contributed by atoms with E-state index in [1.807, 2.05) is 0 Å². The van der Waals surface area contributed by atoms with Crippen LogP contribution in [-0.2, 0) is 19.8 Å². The summed E-state index contributed by atoms with van der Waals surface area (Å²) in [6.45, 7) is -0.0471. The van der Waals surface area contributed by atoms with Gasteiger partial charge in [0.1, 0.15) is 5.82 Å². The van der Waals surface area contributed by atoms with Crippen molar-refractivity contribution in [2.75, 3.05) is 0 Å². The van der Waals surface area contributed by atoms with Gasteiger partial charge in [-0.1, -0.05) is 30.3 Å². The molecule has 0 saturated carbocycles. The van der Waals surface area contributed by atoms with Crippen LogP contribution in [0.5, 0.6) is 0 Å². The van der Waals surface area contributed by atoms with E-state index in [1.165, 1.54) is 35.1 Å². The van der Waals surface area contributed by atoms with Crippen molar-refractivity contribution in [3.05, 3.63) is 83.3 Å². The highest BCUT2D eigenvalue weighted by Gasteiger charge is 2.30. The van der Waals surface area contributed by atoms with Gasteiger partial charge in [0, 0.05) is 24.7 Å². The largest absolute Gasteiger partial charge is 0.416 e. The number of pyridine rings is 1. The number of nitrogens with zero attached hydrogens (tertiary/aromatic N) is 3. The summed E-state index contributed by atoms with van der Waals surface area (Å²) in [5.41, 5.74) is 0.417. The number of halogens is 4. The summed E-state index contributed by atoms with van der Waals surface area (Å²) in [6, 6.07) is 12.2. The van der Waals surface area contributed by atoms with Gasteiger partial charge < -0.3 is 5.32 Å². The number of rotatable bonds is 4. The molecule has 0 spiro atoms. The van der Waals surface area contributed by atoms with Gasteiger partial charge in [-0.25, -0.2) is 9.37 Å². The van der Waals surface area contributed by atoms with Crippen molar-refractivity contribution >= 4 is 16.9 Å². The van der Waals surface area contributed by atoms with E-state index in [0.29, 0.717) is 16.6 Å². The first-order chi connectivity index (χ1) is 14.7. The van der Waals surface area contributed by atoms with Crippen LogP contribution >= 0.6 is 0 Å². The third-order valence-electron chi connectivity index (χ3n) is 4.83. The zero-order chi connectivity index (χ0) is 22.2. The van der Waals surface area contributed by atoms with E-state index in [9.17, 15) is 22.4 Å². The molecule has 0 atom stereocenters. The topological polar surface area (TPSA) is 59.8 Å². The molecule has 0 fully saturated rings. The number of carbonyl (C=O) groups is 1. The van der Waals surface area contributed by atoms with Crippen LogP contribution in [0.3, 0.4) is 0 Å². The molecule has 31 heavy (non-hydrogen) atoms. The van der Waals surface area contributed by atoms with Gasteiger partial charge in [-0.15, -0.1) is 0 Å². The number of carbonyl (C=O) groups excluding carboxylic acids is 1. The molecule has 2 aromatic carbocycles. The van der Waals surface area contributed by atoms with Crippen molar-refractivity contribution in [3.63, 3.8) is 0 Å². The smallest absolute Gasteiger partial charge is 0.348 e. The molecule has 0 bridgehead atoms. The Morgan fingerprint density at radius 2 is 1.87 bits per heavy atom. The Kier molecular flexibility index (Phi) is 5.18. The highest BCUT2D eigenvalue weighted by molar-refractivity contribution is 6.06. The average molecular weight is 428 g/mol. The number of amides is 1. The van der Waals surface area contributed by atoms with Crippen LogP contribution in [-0.4, -0.2) is 20.7 Å². The average Bonchev–Trinajstić information content (AvgIpc) is 3.12. The Bertz CT molecular complexity index is 1280. The maximum Gasteiger partial charge on any atom is 0.416 e. The molecule has 0 aliphatic rings. The molecule has 0 radical (unpaired) electrons. The van der Waals surface area contributed by atoms with Crippen LogP contribution in [0.1, 0.15) is 21.5 Å². The van der Waals surface area contributed by atoms with Crippen molar-refractivity contribution in [2.45, 2.75) is 12.7 Å². The summed E-state index contributed by atoms with van der Waals surface area (Å²) in [4.78, 5) is 17.3. The van der Waals surface area contributed by atoms with E-state index in [2.05, 4.69) is 15.4 Å². The van der Waals surface area contributed by atoms with Gasteiger partial charge in [0.05, 0.1) is 28.4 Å². The normalized spacial score (nSPS) is 11.6. The Morgan fingerprint density at radius 3 is 2.61 bits per heavy atom. The maximum absolute atomic E-state index is 13.9. The number of hydrogen-bond donors (Lipinski definition) is 1. The van der Waals surface area contributed by atoms with Crippen LogP contribution in [0.2, 0.25) is 0 Å². The number of benzene rings is 2. The fourth-order valence-corrected chi connectivity index (χ4v) is 3.22. The molecule has 1 N–H and O–H groups in total. The minimum atomic E-state index is -4.51. The fourth-order valence-electron chi connectivity index (χ4n) is 3.22. The molecule has 4 aromatic rings. The number of alkyl halides is 3. The van der Waals surface area contributed by atoms with Crippen molar-refractivity contribution in [1.29, 1.82) is 0 Å². The minimum Gasteiger partial charge on any atom is -0.348 e. The summed E-state index contributed by atoms with van der Waals surface area (Å²) in [6.07, 6.45) is -3.05. The summed E-state index contributed by atoms with van der Waals surface area (Å²) in [5, 5.41) is 7.18. The van der Waals surface area contributed by atoms with Crippen molar-refractivity contribution in [1.82, 2.24) is 20.1 Å². The fraction of sp³-hybridized carbons (Fsp3) is 0.136. The third kappa shape index (κ3) is 4.11. The van der Waals surface area contributed by atoms with E-state index in [-0.39, 0.29) is 23.4 Å². The molecule has 0 unspecified atom stereocenters. The summed E-state index contributed by atoms with van der Waals surface area (Å²) in [5.74, 6) is -0.967. The molecule has 2 aromatic heterocycles. The molecule has 2 heterocycles. The predicted octanol–water partition coefficient (Wildman–Crippen LogP) is 4.72. The molecule has 9 heteroatoms. The number of fused-ring (bicyclic) bond motifs is 1. The van der Waals surface area contributed by atoms with Gasteiger partial charge in [-0.3, -0.25) is 9.48 Å². The van der Waals surface area contributed by atoms with Crippen LogP contribution in [0, 0.1) is 5.82 Å². The van der Waals surface area contributed by atoms with Crippen molar-refractivity contribution < 1.29 is 22.4 Å². The zero-order valence-corrected chi connectivity index (χ0v) is 16.2. The molecule has 4 rings (SSSR count). The second kappa shape index (κ2) is 7.82. The first-order valence-electron chi connectivity index (χ1n) is 9.26. The lowest BCUT2D eigenvalue weighted by atomic mass is 10.0. The number of aryl methyl sites for hydroxylation is 1. The van der Waals surface area contributed by atoms with E-state index < -0.39 is 23.5 Å². The molecular weight excluding hydrogens is 412 g/mol. The van der Waals surface area contributed by atoms with E-state index >= 15 is 0 Å². The lowest BCUT2D eigenvalue weighted by Gasteiger charge is -2.11. The quantitative estimate of drug-likeness (QED) is 0.479. The summed E-state index contributed by atoms with van der Waals surface area (Å²) < 4.78 is 54.7. The molecular formula is C22H16F4N4O. The van der Waals surface area contributed by atoms with Crippen molar-refractivity contribution in [2.24, 2.45) is 7.05 Å². The second-order valence-electron chi connectivity index (χ2n) is 6.91. The number of hydrogen-bond acceptors (Lipinski definition) is 3. The minimum absolute atomic E-state index is 0.0471. The lowest BCUT2D eigenvalue weighted by molar-refractivity contribution is -0.137. The van der Waals surface area contributed by atoms with Gasteiger partial charge in [0.2, 0.25) is 0 Å². The molecule has 0 aliphatic heterocycles. The van der Waals surface area contributed by atoms with Crippen LogP contribution in [0.15, 0.2) is 60.8 Å². The van der Waals surface area contributed by atoms with E-state index in [1.54, 1.807) is 25.2 Å². The van der Waals surface area contributed by atoms with Gasteiger partial charge >= 0.3 is 6.18 Å². The highest BCUT2D eigenvalue weighted by atomic mass is 19.4. The van der Waals surface area contributed by atoms with E-state index in [0.717, 1.165) is 12.1 Å². The number of aromatic nitrogens is 3. The Balaban J connectivity index is 1.74. The molecule has 158 valence electrons. The van der Waals surface area contributed by atoms with Gasteiger partial charge in [0.15, 0.2) is 5.65 Å². The zero-order valence-electron chi connectivity index (χ0n) is 16.2. The lowest BCUT2D eigenvalue weighted by Crippen LogP contribution is -2.23. The summed E-state index contributed by atoms with van der Waals surface area (Å²) in [7, 11) is 1.62. The predicted molar refractivity (Wildman–Crippen MR) is 107 cm³/mol. The first kappa shape index (κ1) is 20.5. The summed E-state index contributed by atoms with van der Waals surface area (Å²) >= 11 is 0. The SMILES string of the molecule is Cn1ncc2c(C(=O)NCc3ccccc3F)cc(-c3cccc(C(F)(F)F)c3)nc21. The monoisotopic (exact) mass is 428 g/mol. The third-order valence-corrected chi connectivity index (χ3v) is 4.83. The molecule has 1 amide bonds. The first-order valence-corrected chi connectivity index (χ1v) is 9.26. The highest BCUT2D eigenvalue weighted by Crippen LogP contribution is 2.32.